The molecule has 0 spiro atoms. The van der Waals surface area contributed by atoms with Crippen molar-refractivity contribution >= 4 is 17.8 Å². The molecular weight excluding hydrogens is 320 g/mol. The topological polar surface area (TPSA) is 61.0 Å². The van der Waals surface area contributed by atoms with Crippen LogP contribution in [0.2, 0.25) is 0 Å². The summed E-state index contributed by atoms with van der Waals surface area (Å²) in [5.41, 5.74) is 0. The highest BCUT2D eigenvalue weighted by Crippen LogP contribution is 2.25. The molecule has 2 N–H and O–H groups in total. The van der Waals surface area contributed by atoms with Gasteiger partial charge in [-0.1, -0.05) is 25.1 Å². The fourth-order valence-corrected chi connectivity index (χ4v) is 3.95. The molecule has 1 fully saturated rings. The van der Waals surface area contributed by atoms with Gasteiger partial charge in [0.1, 0.15) is 5.82 Å². The van der Waals surface area contributed by atoms with Gasteiger partial charge in [-0.3, -0.25) is 0 Å². The van der Waals surface area contributed by atoms with Crippen molar-refractivity contribution in [2.45, 2.75) is 35.8 Å². The van der Waals surface area contributed by atoms with E-state index in [1.165, 1.54) is 4.90 Å². The van der Waals surface area contributed by atoms with Crippen LogP contribution < -0.4 is 5.32 Å². The number of nitrogens with zero attached hydrogens (tertiary/aromatic N) is 2. The van der Waals surface area contributed by atoms with E-state index in [1.807, 2.05) is 29.3 Å². The molecule has 5 nitrogen and oxygen atoms in total. The highest BCUT2D eigenvalue weighted by molar-refractivity contribution is 8.00. The van der Waals surface area contributed by atoms with Crippen molar-refractivity contribution in [3.8, 4) is 0 Å². The lowest BCUT2D eigenvalue weighted by Gasteiger charge is -2.32. The van der Waals surface area contributed by atoms with Crippen molar-refractivity contribution in [2.75, 3.05) is 19.6 Å². The van der Waals surface area contributed by atoms with Crippen LogP contribution in [0.15, 0.2) is 47.6 Å². The number of urea groups is 1. The number of benzene rings is 1. The van der Waals surface area contributed by atoms with E-state index >= 15 is 0 Å². The van der Waals surface area contributed by atoms with E-state index in [4.69, 9.17) is 0 Å². The quantitative estimate of drug-likeness (QED) is 0.816. The number of hydrogen-bond donors (Lipinski definition) is 2. The summed E-state index contributed by atoms with van der Waals surface area (Å²) in [6, 6.07) is 10.3. The third-order valence-electron chi connectivity index (χ3n) is 4.24. The zero-order valence-corrected chi connectivity index (χ0v) is 14.8. The summed E-state index contributed by atoms with van der Waals surface area (Å²) in [7, 11) is 0. The number of likely N-dealkylation sites (tertiary alicyclic amines) is 1. The summed E-state index contributed by atoms with van der Waals surface area (Å²) in [4.78, 5) is 23.1. The standard InChI is InChI=1S/C18H24N4OS/c1-14(24-16-7-3-2-4-8-16)12-21-18(23)22-11-5-6-15(13-22)17-19-9-10-20-17/h2-4,7-10,14-15H,5-6,11-13H2,1H3,(H,19,20)(H,21,23). The van der Waals surface area contributed by atoms with E-state index in [2.05, 4.69) is 34.3 Å². The molecule has 0 bridgehead atoms. The van der Waals surface area contributed by atoms with Crippen molar-refractivity contribution in [1.29, 1.82) is 0 Å². The second-order valence-electron chi connectivity index (χ2n) is 6.19. The van der Waals surface area contributed by atoms with Gasteiger partial charge in [0.2, 0.25) is 0 Å². The summed E-state index contributed by atoms with van der Waals surface area (Å²) in [5, 5.41) is 3.41. The smallest absolute Gasteiger partial charge is 0.317 e. The maximum absolute atomic E-state index is 12.4. The first-order valence-electron chi connectivity index (χ1n) is 8.46. The molecule has 128 valence electrons. The monoisotopic (exact) mass is 344 g/mol. The van der Waals surface area contributed by atoms with Crippen LogP contribution in [-0.2, 0) is 0 Å². The third kappa shape index (κ3) is 4.54. The van der Waals surface area contributed by atoms with E-state index < -0.39 is 0 Å². The lowest BCUT2D eigenvalue weighted by atomic mass is 9.98. The maximum atomic E-state index is 12.4. The predicted molar refractivity (Wildman–Crippen MR) is 97.3 cm³/mol. The second-order valence-corrected chi connectivity index (χ2v) is 7.70. The number of thioether (sulfide) groups is 1. The molecule has 2 unspecified atom stereocenters. The minimum atomic E-state index is 0.0340. The lowest BCUT2D eigenvalue weighted by Crippen LogP contribution is -2.46. The Labute approximate surface area is 147 Å². The summed E-state index contributed by atoms with van der Waals surface area (Å²) in [6.45, 7) is 4.36. The van der Waals surface area contributed by atoms with Gasteiger partial charge in [-0.2, -0.15) is 0 Å². The molecule has 6 heteroatoms. The van der Waals surface area contributed by atoms with Gasteiger partial charge >= 0.3 is 6.03 Å². The van der Waals surface area contributed by atoms with Crippen LogP contribution in [-0.4, -0.2) is 45.8 Å². The van der Waals surface area contributed by atoms with Gasteiger partial charge in [-0.05, 0) is 25.0 Å². The minimum absolute atomic E-state index is 0.0340. The number of aromatic nitrogens is 2. The Morgan fingerprint density at radius 1 is 1.46 bits per heavy atom. The van der Waals surface area contributed by atoms with Crippen LogP contribution in [0.25, 0.3) is 0 Å². The molecule has 2 atom stereocenters. The van der Waals surface area contributed by atoms with Gasteiger partial charge in [0, 0.05) is 48.1 Å². The fraction of sp³-hybridized carbons (Fsp3) is 0.444. The molecule has 24 heavy (non-hydrogen) atoms. The Morgan fingerprint density at radius 3 is 3.04 bits per heavy atom. The Morgan fingerprint density at radius 2 is 2.29 bits per heavy atom. The summed E-state index contributed by atoms with van der Waals surface area (Å²) >= 11 is 1.78. The van der Waals surface area contributed by atoms with Crippen molar-refractivity contribution in [3.63, 3.8) is 0 Å². The molecule has 0 aliphatic carbocycles. The molecule has 1 aromatic carbocycles. The van der Waals surface area contributed by atoms with E-state index in [0.29, 0.717) is 17.7 Å². The zero-order chi connectivity index (χ0) is 16.8. The Balaban J connectivity index is 1.46. The van der Waals surface area contributed by atoms with Crippen molar-refractivity contribution in [1.82, 2.24) is 20.2 Å². The van der Waals surface area contributed by atoms with Gasteiger partial charge < -0.3 is 15.2 Å². The second kappa shape index (κ2) is 8.24. The number of nitrogens with one attached hydrogen (secondary N) is 2. The number of H-pyrrole nitrogens is 1. The largest absolute Gasteiger partial charge is 0.348 e. The first-order chi connectivity index (χ1) is 11.7. The van der Waals surface area contributed by atoms with Crippen LogP contribution >= 0.6 is 11.8 Å². The average molecular weight is 344 g/mol. The SMILES string of the molecule is CC(CNC(=O)N1CCCC(c2ncc[nH]2)C1)Sc1ccccc1. The zero-order valence-electron chi connectivity index (χ0n) is 13.9. The normalized spacial score (nSPS) is 19.0. The number of hydrogen-bond acceptors (Lipinski definition) is 3. The molecule has 1 aliphatic heterocycles. The number of piperidine rings is 1. The van der Waals surface area contributed by atoms with E-state index in [9.17, 15) is 4.79 Å². The Kier molecular flexibility index (Phi) is 5.80. The molecule has 0 radical (unpaired) electrons. The van der Waals surface area contributed by atoms with Gasteiger partial charge in [0.15, 0.2) is 0 Å². The van der Waals surface area contributed by atoms with Crippen LogP contribution in [0.5, 0.6) is 0 Å². The first kappa shape index (κ1) is 16.9. The first-order valence-corrected chi connectivity index (χ1v) is 9.34. The summed E-state index contributed by atoms with van der Waals surface area (Å²) in [6.07, 6.45) is 5.72. The average Bonchev–Trinajstić information content (AvgIpc) is 3.15. The Bertz CT molecular complexity index is 632. The van der Waals surface area contributed by atoms with Crippen molar-refractivity contribution < 1.29 is 4.79 Å². The van der Waals surface area contributed by atoms with Crippen LogP contribution in [0.1, 0.15) is 31.5 Å². The number of amides is 2. The molecule has 2 amide bonds. The van der Waals surface area contributed by atoms with E-state index in [1.54, 1.807) is 18.0 Å². The molecular formula is C18H24N4OS. The molecule has 3 rings (SSSR count). The molecule has 1 aliphatic rings. The highest BCUT2D eigenvalue weighted by atomic mass is 32.2. The Hall–Kier alpha value is -1.95. The number of carbonyl (C=O) groups is 1. The van der Waals surface area contributed by atoms with Gasteiger partial charge in [0.05, 0.1) is 0 Å². The molecule has 1 aromatic heterocycles. The van der Waals surface area contributed by atoms with E-state index in [0.717, 1.165) is 31.8 Å². The number of rotatable bonds is 5. The fourth-order valence-electron chi connectivity index (χ4n) is 3.00. The van der Waals surface area contributed by atoms with Gasteiger partial charge in [0.25, 0.3) is 0 Å². The number of aromatic amines is 1. The van der Waals surface area contributed by atoms with Gasteiger partial charge in [-0.15, -0.1) is 11.8 Å². The molecule has 2 heterocycles. The summed E-state index contributed by atoms with van der Waals surface area (Å²) in [5.74, 6) is 1.30. The van der Waals surface area contributed by atoms with Crippen molar-refractivity contribution in [3.05, 3.63) is 48.5 Å². The highest BCUT2D eigenvalue weighted by Gasteiger charge is 2.26. The van der Waals surface area contributed by atoms with Gasteiger partial charge in [-0.25, -0.2) is 9.78 Å². The molecule has 2 aromatic rings. The number of imidazole rings is 1. The van der Waals surface area contributed by atoms with Crippen molar-refractivity contribution in [2.24, 2.45) is 0 Å². The predicted octanol–water partition coefficient (Wildman–Crippen LogP) is 3.48. The van der Waals surface area contributed by atoms with Crippen LogP contribution in [0.4, 0.5) is 4.79 Å². The lowest BCUT2D eigenvalue weighted by molar-refractivity contribution is 0.178. The van der Waals surface area contributed by atoms with E-state index in [-0.39, 0.29) is 6.03 Å². The van der Waals surface area contributed by atoms with Crippen LogP contribution in [0.3, 0.4) is 0 Å². The molecule has 0 saturated carbocycles. The maximum Gasteiger partial charge on any atom is 0.317 e. The van der Waals surface area contributed by atoms with Crippen LogP contribution in [0, 0.1) is 0 Å². The third-order valence-corrected chi connectivity index (χ3v) is 5.35. The minimum Gasteiger partial charge on any atom is -0.348 e. The summed E-state index contributed by atoms with van der Waals surface area (Å²) < 4.78 is 0. The number of carbonyl (C=O) groups excluding carboxylic acids is 1. The molecule has 1 saturated heterocycles.